The van der Waals surface area contributed by atoms with Gasteiger partial charge in [0.25, 0.3) is 10.2 Å². The van der Waals surface area contributed by atoms with Crippen LogP contribution in [0.4, 0.5) is 4.79 Å². The smallest absolute Gasteiger partial charge is 0.317 e. The Kier molecular flexibility index (Phi) is 5.25. The molecule has 2 aromatic rings. The number of nitrogens with one attached hydrogen (secondary N) is 1. The van der Waals surface area contributed by atoms with Crippen molar-refractivity contribution in [2.45, 2.75) is 13.0 Å². The number of urea groups is 1. The maximum atomic E-state index is 12.4. The highest BCUT2D eigenvalue weighted by atomic mass is 32.2. The highest BCUT2D eigenvalue weighted by Gasteiger charge is 2.27. The molecule has 1 aromatic carbocycles. The first-order valence-corrected chi connectivity index (χ1v) is 9.78. The molecule has 2 amide bonds. The van der Waals surface area contributed by atoms with Gasteiger partial charge in [-0.05, 0) is 19.1 Å². The molecule has 10 heteroatoms. The van der Waals surface area contributed by atoms with E-state index in [9.17, 15) is 13.2 Å². The molecule has 1 unspecified atom stereocenters. The fraction of sp³-hybridized carbons (Fsp3) is 0.375. The first kappa shape index (κ1) is 18.4. The highest BCUT2D eigenvalue weighted by Crippen LogP contribution is 2.15. The van der Waals surface area contributed by atoms with Gasteiger partial charge in [0.2, 0.25) is 0 Å². The Balaban J connectivity index is 1.58. The van der Waals surface area contributed by atoms with E-state index < -0.39 is 10.2 Å². The lowest BCUT2D eigenvalue weighted by molar-refractivity contribution is 0.169. The molecule has 1 aliphatic heterocycles. The molecule has 0 spiro atoms. The minimum absolute atomic E-state index is 0.201. The topological polar surface area (TPSA) is 114 Å². The summed E-state index contributed by atoms with van der Waals surface area (Å²) in [6.07, 6.45) is 3.59. The third-order valence-electron chi connectivity index (χ3n) is 4.35. The molecule has 1 atom stereocenters. The molecule has 1 saturated heterocycles. The molecular weight excluding hydrogens is 356 g/mol. The van der Waals surface area contributed by atoms with Gasteiger partial charge in [-0.1, -0.05) is 18.2 Å². The summed E-state index contributed by atoms with van der Waals surface area (Å²) in [7, 11) is -3.70. The number of hydrogen-bond acceptors (Lipinski definition) is 4. The maximum absolute atomic E-state index is 12.4. The van der Waals surface area contributed by atoms with Gasteiger partial charge in [0.05, 0.1) is 17.9 Å². The third kappa shape index (κ3) is 4.21. The average molecular weight is 378 g/mol. The van der Waals surface area contributed by atoms with Crippen molar-refractivity contribution in [3.8, 4) is 5.69 Å². The third-order valence-corrected chi connectivity index (χ3v) is 5.43. The van der Waals surface area contributed by atoms with Gasteiger partial charge in [0.1, 0.15) is 0 Å². The normalized spacial score (nSPS) is 17.1. The summed E-state index contributed by atoms with van der Waals surface area (Å²) in [4.78, 5) is 14.0. The highest BCUT2D eigenvalue weighted by molar-refractivity contribution is 7.86. The van der Waals surface area contributed by atoms with Gasteiger partial charge in [-0.15, -0.1) is 0 Å². The summed E-state index contributed by atoms with van der Waals surface area (Å²) in [6, 6.07) is 9.24. The van der Waals surface area contributed by atoms with E-state index in [1.807, 2.05) is 43.5 Å². The van der Waals surface area contributed by atoms with Crippen LogP contribution in [-0.2, 0) is 10.2 Å². The van der Waals surface area contributed by atoms with E-state index in [-0.39, 0.29) is 25.2 Å². The van der Waals surface area contributed by atoms with Crippen LogP contribution in [0.1, 0.15) is 18.5 Å². The van der Waals surface area contributed by atoms with Crippen molar-refractivity contribution in [1.29, 1.82) is 0 Å². The van der Waals surface area contributed by atoms with Crippen molar-refractivity contribution in [3.63, 3.8) is 0 Å². The molecule has 0 bridgehead atoms. The minimum Gasteiger partial charge on any atom is -0.331 e. The number of piperazine rings is 1. The van der Waals surface area contributed by atoms with Gasteiger partial charge in [-0.25, -0.2) is 14.6 Å². The number of nitrogens with zero attached hydrogens (tertiary/aromatic N) is 4. The van der Waals surface area contributed by atoms with Gasteiger partial charge in [-0.2, -0.15) is 17.8 Å². The fourth-order valence-electron chi connectivity index (χ4n) is 2.79. The number of carbonyl (C=O) groups is 1. The summed E-state index contributed by atoms with van der Waals surface area (Å²) in [5.41, 5.74) is 1.82. The van der Waals surface area contributed by atoms with Gasteiger partial charge >= 0.3 is 6.03 Å². The molecular formula is C16H22N6O3S. The van der Waals surface area contributed by atoms with Gasteiger partial charge in [0, 0.05) is 37.9 Å². The number of nitrogens with two attached hydrogens (primary N) is 1. The standard InChI is InChI=1S/C16H22N6O3S/c1-13(14-11-18-22(12-14)15-5-3-2-4-6-15)19-16(23)20-7-9-21(10-8-20)26(17,24)25/h2-6,11-13H,7-10H2,1H3,(H,19,23)(H2,17,24,25). The van der Waals surface area contributed by atoms with E-state index in [0.29, 0.717) is 13.1 Å². The van der Waals surface area contributed by atoms with Crippen LogP contribution in [-0.4, -0.2) is 59.6 Å². The van der Waals surface area contributed by atoms with Crippen LogP contribution in [0.25, 0.3) is 5.69 Å². The van der Waals surface area contributed by atoms with Crippen LogP contribution < -0.4 is 10.5 Å². The Morgan fingerprint density at radius 1 is 1.19 bits per heavy atom. The molecule has 1 fully saturated rings. The van der Waals surface area contributed by atoms with E-state index in [2.05, 4.69) is 10.4 Å². The van der Waals surface area contributed by atoms with Gasteiger partial charge in [0.15, 0.2) is 0 Å². The Bertz CT molecular complexity index is 859. The second-order valence-corrected chi connectivity index (χ2v) is 7.70. The van der Waals surface area contributed by atoms with Crippen molar-refractivity contribution in [1.82, 2.24) is 24.3 Å². The summed E-state index contributed by atoms with van der Waals surface area (Å²) in [6.45, 7) is 2.89. The van der Waals surface area contributed by atoms with Crippen LogP contribution >= 0.6 is 0 Å². The monoisotopic (exact) mass is 378 g/mol. The quantitative estimate of drug-likeness (QED) is 0.805. The largest absolute Gasteiger partial charge is 0.331 e. The van der Waals surface area contributed by atoms with Crippen molar-refractivity contribution < 1.29 is 13.2 Å². The van der Waals surface area contributed by atoms with E-state index in [0.717, 1.165) is 11.3 Å². The molecule has 0 saturated carbocycles. The molecule has 3 rings (SSSR count). The molecule has 1 aliphatic rings. The molecule has 9 nitrogen and oxygen atoms in total. The number of benzene rings is 1. The predicted octanol–water partition coefficient (Wildman–Crippen LogP) is 0.464. The lowest BCUT2D eigenvalue weighted by atomic mass is 10.2. The second-order valence-electron chi connectivity index (χ2n) is 6.16. The molecule has 140 valence electrons. The lowest BCUT2D eigenvalue weighted by Crippen LogP contribution is -2.54. The summed E-state index contributed by atoms with van der Waals surface area (Å²) in [5.74, 6) is 0. The zero-order valence-electron chi connectivity index (χ0n) is 14.4. The summed E-state index contributed by atoms with van der Waals surface area (Å²) >= 11 is 0. The maximum Gasteiger partial charge on any atom is 0.317 e. The van der Waals surface area contributed by atoms with Gasteiger partial charge < -0.3 is 10.2 Å². The molecule has 0 aliphatic carbocycles. The summed E-state index contributed by atoms with van der Waals surface area (Å²) < 4.78 is 25.6. The number of rotatable bonds is 4. The average Bonchev–Trinajstić information content (AvgIpc) is 3.12. The molecule has 0 radical (unpaired) electrons. The van der Waals surface area contributed by atoms with Crippen molar-refractivity contribution in [2.75, 3.05) is 26.2 Å². The fourth-order valence-corrected chi connectivity index (χ4v) is 3.46. The zero-order valence-corrected chi connectivity index (χ0v) is 15.3. The Morgan fingerprint density at radius 3 is 2.46 bits per heavy atom. The summed E-state index contributed by atoms with van der Waals surface area (Å²) in [5, 5.41) is 12.4. The SMILES string of the molecule is CC(NC(=O)N1CCN(S(N)(=O)=O)CC1)c1cnn(-c2ccccc2)c1. The number of aromatic nitrogens is 2. The molecule has 2 heterocycles. The number of amides is 2. The number of para-hydroxylation sites is 1. The van der Waals surface area contributed by atoms with E-state index in [1.165, 1.54) is 4.31 Å². The van der Waals surface area contributed by atoms with Crippen LogP contribution in [0.5, 0.6) is 0 Å². The Hall–Kier alpha value is -2.43. The predicted molar refractivity (Wildman–Crippen MR) is 96.8 cm³/mol. The second kappa shape index (κ2) is 7.44. The zero-order chi connectivity index (χ0) is 18.7. The van der Waals surface area contributed by atoms with Crippen LogP contribution in [0, 0.1) is 0 Å². The van der Waals surface area contributed by atoms with Crippen molar-refractivity contribution in [2.24, 2.45) is 5.14 Å². The molecule has 1 aromatic heterocycles. The van der Waals surface area contributed by atoms with Crippen LogP contribution in [0.2, 0.25) is 0 Å². The lowest BCUT2D eigenvalue weighted by Gasteiger charge is -2.33. The first-order valence-electron chi connectivity index (χ1n) is 8.28. The molecule has 3 N–H and O–H groups in total. The Labute approximate surface area is 152 Å². The molecule has 26 heavy (non-hydrogen) atoms. The minimum atomic E-state index is -3.70. The Morgan fingerprint density at radius 2 is 1.85 bits per heavy atom. The number of carbonyl (C=O) groups excluding carboxylic acids is 1. The van der Waals surface area contributed by atoms with E-state index in [4.69, 9.17) is 5.14 Å². The van der Waals surface area contributed by atoms with E-state index in [1.54, 1.807) is 15.8 Å². The van der Waals surface area contributed by atoms with E-state index >= 15 is 0 Å². The van der Waals surface area contributed by atoms with Crippen molar-refractivity contribution in [3.05, 3.63) is 48.3 Å². The van der Waals surface area contributed by atoms with Crippen LogP contribution in [0.3, 0.4) is 0 Å². The first-order chi connectivity index (χ1) is 12.3. The van der Waals surface area contributed by atoms with Crippen LogP contribution in [0.15, 0.2) is 42.7 Å². The van der Waals surface area contributed by atoms with Gasteiger partial charge in [-0.3, -0.25) is 0 Å². The number of hydrogen-bond donors (Lipinski definition) is 2. The van der Waals surface area contributed by atoms with Crippen molar-refractivity contribution >= 4 is 16.2 Å².